The third kappa shape index (κ3) is 50.2. The fourth-order valence-corrected chi connectivity index (χ4v) is 7.66. The van der Waals surface area contributed by atoms with Gasteiger partial charge in [0.1, 0.15) is 13.2 Å². The minimum atomic E-state index is -0.791. The van der Waals surface area contributed by atoms with Gasteiger partial charge in [0, 0.05) is 19.3 Å². The van der Waals surface area contributed by atoms with Crippen molar-refractivity contribution in [3.63, 3.8) is 0 Å². The Morgan fingerprint density at radius 2 is 0.571 bits per heavy atom. The fourth-order valence-electron chi connectivity index (χ4n) is 7.66. The van der Waals surface area contributed by atoms with Crippen LogP contribution in [-0.2, 0) is 28.6 Å². The summed E-state index contributed by atoms with van der Waals surface area (Å²) in [5, 5.41) is 0. The van der Waals surface area contributed by atoms with Crippen LogP contribution in [0.25, 0.3) is 0 Å². The van der Waals surface area contributed by atoms with Gasteiger partial charge in [-0.25, -0.2) is 0 Å². The number of esters is 3. The van der Waals surface area contributed by atoms with Crippen LogP contribution in [0.4, 0.5) is 0 Å². The van der Waals surface area contributed by atoms with E-state index in [1.165, 1.54) is 154 Å². The molecule has 0 saturated heterocycles. The predicted molar refractivity (Wildman–Crippen MR) is 270 cm³/mol. The second-order valence-corrected chi connectivity index (χ2v) is 18.2. The minimum Gasteiger partial charge on any atom is -0.462 e. The summed E-state index contributed by atoms with van der Waals surface area (Å²) in [4.78, 5) is 38.0. The first kappa shape index (κ1) is 60.4. The van der Waals surface area contributed by atoms with Crippen LogP contribution in [0, 0.1) is 0 Å². The fraction of sp³-hybridized carbons (Fsp3) is 0.807. The van der Waals surface area contributed by atoms with Crippen molar-refractivity contribution in [3.8, 4) is 0 Å². The first-order valence-electron chi connectivity index (χ1n) is 27.2. The van der Waals surface area contributed by atoms with Crippen molar-refractivity contribution in [2.24, 2.45) is 0 Å². The zero-order valence-corrected chi connectivity index (χ0v) is 41.8. The number of carbonyl (C=O) groups is 3. The summed E-state index contributed by atoms with van der Waals surface area (Å²) < 4.78 is 16.8. The summed E-state index contributed by atoms with van der Waals surface area (Å²) in [5.41, 5.74) is 0. The molecule has 0 aliphatic heterocycles. The Balaban J connectivity index is 4.43. The molecule has 63 heavy (non-hydrogen) atoms. The van der Waals surface area contributed by atoms with E-state index in [2.05, 4.69) is 69.4 Å². The summed E-state index contributed by atoms with van der Waals surface area (Å²) in [6, 6.07) is 0. The Hall–Kier alpha value is -2.63. The average Bonchev–Trinajstić information content (AvgIpc) is 3.28. The van der Waals surface area contributed by atoms with E-state index < -0.39 is 6.10 Å². The van der Waals surface area contributed by atoms with Crippen LogP contribution in [0.3, 0.4) is 0 Å². The number of hydrogen-bond donors (Lipinski definition) is 0. The van der Waals surface area contributed by atoms with E-state index in [1.54, 1.807) is 0 Å². The number of hydrogen-bond acceptors (Lipinski definition) is 6. The van der Waals surface area contributed by atoms with Gasteiger partial charge in [0.2, 0.25) is 0 Å². The van der Waals surface area contributed by atoms with Crippen molar-refractivity contribution in [3.05, 3.63) is 48.6 Å². The van der Waals surface area contributed by atoms with Gasteiger partial charge in [-0.15, -0.1) is 0 Å². The van der Waals surface area contributed by atoms with Crippen molar-refractivity contribution in [1.29, 1.82) is 0 Å². The SMILES string of the molecule is CCCCCC/C=C\CCCCCCCCCC(=O)OC(COC(=O)CCCCC/C=C\C=C/CCCCCCCCC)COC(=O)CCCCC/C=C\CCCCCCCCC. The smallest absolute Gasteiger partial charge is 0.306 e. The van der Waals surface area contributed by atoms with Gasteiger partial charge in [0.15, 0.2) is 6.10 Å². The van der Waals surface area contributed by atoms with Crippen LogP contribution in [0.15, 0.2) is 48.6 Å². The van der Waals surface area contributed by atoms with E-state index in [4.69, 9.17) is 14.2 Å². The second-order valence-electron chi connectivity index (χ2n) is 18.2. The largest absolute Gasteiger partial charge is 0.462 e. The van der Waals surface area contributed by atoms with E-state index in [-0.39, 0.29) is 31.1 Å². The van der Waals surface area contributed by atoms with Crippen LogP contribution in [0.5, 0.6) is 0 Å². The molecule has 0 bridgehead atoms. The highest BCUT2D eigenvalue weighted by Gasteiger charge is 2.19. The molecular formula is C57H102O6. The normalized spacial score (nSPS) is 12.4. The van der Waals surface area contributed by atoms with E-state index in [9.17, 15) is 14.4 Å². The Bertz CT molecular complexity index is 1110. The maximum Gasteiger partial charge on any atom is 0.306 e. The summed E-state index contributed by atoms with van der Waals surface area (Å²) in [6.45, 7) is 6.59. The first-order valence-corrected chi connectivity index (χ1v) is 27.2. The molecule has 6 heteroatoms. The lowest BCUT2D eigenvalue weighted by Gasteiger charge is -2.18. The van der Waals surface area contributed by atoms with Crippen molar-refractivity contribution >= 4 is 17.9 Å². The van der Waals surface area contributed by atoms with Gasteiger partial charge in [0.25, 0.3) is 0 Å². The van der Waals surface area contributed by atoms with Gasteiger partial charge >= 0.3 is 17.9 Å². The molecule has 0 fully saturated rings. The molecule has 0 radical (unpaired) electrons. The van der Waals surface area contributed by atoms with Gasteiger partial charge < -0.3 is 14.2 Å². The summed E-state index contributed by atoms with van der Waals surface area (Å²) in [7, 11) is 0. The zero-order valence-electron chi connectivity index (χ0n) is 41.8. The van der Waals surface area contributed by atoms with E-state index >= 15 is 0 Å². The van der Waals surface area contributed by atoms with E-state index in [1.807, 2.05) is 0 Å². The van der Waals surface area contributed by atoms with Crippen molar-refractivity contribution < 1.29 is 28.6 Å². The Labute approximate surface area is 390 Å². The highest BCUT2D eigenvalue weighted by molar-refractivity contribution is 5.71. The molecule has 1 unspecified atom stereocenters. The molecule has 0 aliphatic carbocycles. The zero-order chi connectivity index (χ0) is 45.8. The maximum atomic E-state index is 12.8. The van der Waals surface area contributed by atoms with Crippen LogP contribution < -0.4 is 0 Å². The highest BCUT2D eigenvalue weighted by atomic mass is 16.6. The Kier molecular flexibility index (Phi) is 49.8. The molecule has 0 aliphatic rings. The van der Waals surface area contributed by atoms with Gasteiger partial charge in [-0.2, -0.15) is 0 Å². The van der Waals surface area contributed by atoms with Crippen LogP contribution in [0.2, 0.25) is 0 Å². The lowest BCUT2D eigenvalue weighted by molar-refractivity contribution is -0.167. The van der Waals surface area contributed by atoms with Gasteiger partial charge in [-0.1, -0.05) is 211 Å². The third-order valence-electron chi connectivity index (χ3n) is 11.8. The molecular weight excluding hydrogens is 781 g/mol. The quantitative estimate of drug-likeness (QED) is 0.0199. The number of rotatable bonds is 49. The lowest BCUT2D eigenvalue weighted by Crippen LogP contribution is -2.30. The Morgan fingerprint density at radius 1 is 0.317 bits per heavy atom. The molecule has 366 valence electrons. The number of unbranched alkanes of at least 4 members (excludes halogenated alkanes) is 31. The van der Waals surface area contributed by atoms with Crippen LogP contribution in [0.1, 0.15) is 278 Å². The second kappa shape index (κ2) is 52.0. The molecule has 0 saturated carbocycles. The topological polar surface area (TPSA) is 78.9 Å². The molecule has 0 N–H and O–H groups in total. The van der Waals surface area contributed by atoms with E-state index in [0.717, 1.165) is 83.5 Å². The minimum absolute atomic E-state index is 0.0902. The van der Waals surface area contributed by atoms with Crippen molar-refractivity contribution in [1.82, 2.24) is 0 Å². The lowest BCUT2D eigenvalue weighted by atomic mass is 10.1. The van der Waals surface area contributed by atoms with Gasteiger partial charge in [-0.05, 0) is 96.3 Å². The summed E-state index contributed by atoms with van der Waals surface area (Å²) >= 11 is 0. The van der Waals surface area contributed by atoms with Crippen LogP contribution in [-0.4, -0.2) is 37.2 Å². The van der Waals surface area contributed by atoms with Gasteiger partial charge in [-0.3, -0.25) is 14.4 Å². The molecule has 0 heterocycles. The molecule has 0 spiro atoms. The molecule has 0 amide bonds. The van der Waals surface area contributed by atoms with Crippen LogP contribution >= 0.6 is 0 Å². The Morgan fingerprint density at radius 3 is 0.921 bits per heavy atom. The molecule has 0 aromatic carbocycles. The van der Waals surface area contributed by atoms with E-state index in [0.29, 0.717) is 19.3 Å². The number of allylic oxidation sites excluding steroid dienone is 8. The van der Waals surface area contributed by atoms with Gasteiger partial charge in [0.05, 0.1) is 0 Å². The summed E-state index contributed by atoms with van der Waals surface area (Å²) in [6.07, 6.45) is 62.4. The number of carbonyl (C=O) groups excluding carboxylic acids is 3. The highest BCUT2D eigenvalue weighted by Crippen LogP contribution is 2.14. The molecule has 0 rings (SSSR count). The van der Waals surface area contributed by atoms with Crippen molar-refractivity contribution in [2.75, 3.05) is 13.2 Å². The number of ether oxygens (including phenoxy) is 3. The molecule has 0 aromatic rings. The predicted octanol–water partition coefficient (Wildman–Crippen LogP) is 17.9. The average molecular weight is 883 g/mol. The third-order valence-corrected chi connectivity index (χ3v) is 11.8. The molecule has 6 nitrogen and oxygen atoms in total. The first-order chi connectivity index (χ1) is 31.0. The monoisotopic (exact) mass is 883 g/mol. The maximum absolute atomic E-state index is 12.8. The van der Waals surface area contributed by atoms with Crippen molar-refractivity contribution in [2.45, 2.75) is 284 Å². The standard InChI is InChI=1S/C57H102O6/c1-4-7-10-13-16-19-22-25-28-30-32-35-38-41-44-47-50-56(59)62-53-54(52-61-55(58)49-46-43-40-37-34-31-27-24-21-18-15-12-9-6-3)63-57(60)51-48-45-42-39-36-33-29-26-23-20-17-14-11-8-5-2/h20,23,28,30-32,34-35,54H,4-19,21-22,24-27,29,33,36-53H2,1-3H3/b23-20-,30-28-,34-31-,35-32-. The summed E-state index contributed by atoms with van der Waals surface area (Å²) in [5.74, 6) is -0.927. The molecule has 1 atom stereocenters. The molecule has 0 aromatic heterocycles.